The van der Waals surface area contributed by atoms with Crippen molar-refractivity contribution in [1.29, 1.82) is 0 Å². The summed E-state index contributed by atoms with van der Waals surface area (Å²) in [7, 11) is 0. The molecule has 1 aromatic rings. The van der Waals surface area contributed by atoms with E-state index in [1.165, 1.54) is 56.9 Å². The smallest absolute Gasteiger partial charge is 0.147 e. The Morgan fingerprint density at radius 2 is 1.53 bits per heavy atom. The van der Waals surface area contributed by atoms with Crippen molar-refractivity contribution in [2.75, 3.05) is 0 Å². The van der Waals surface area contributed by atoms with E-state index < -0.39 is 0 Å². The monoisotopic (exact) mass is 410 g/mol. The topological polar surface area (TPSA) is 34.1 Å². The summed E-state index contributed by atoms with van der Waals surface area (Å²) in [5, 5.41) is 0. The average molecular weight is 411 g/mol. The molecule has 0 aliphatic heterocycles. The Labute approximate surface area is 184 Å². The summed E-state index contributed by atoms with van der Waals surface area (Å²) < 4.78 is 0. The zero-order valence-electron chi connectivity index (χ0n) is 19.3. The molecule has 2 nitrogen and oxygen atoms in total. The Hall–Kier alpha value is -1.44. The molecule has 0 amide bonds. The van der Waals surface area contributed by atoms with Crippen molar-refractivity contribution in [2.24, 2.45) is 17.8 Å². The maximum absolute atomic E-state index is 12.8. The van der Waals surface area contributed by atoms with Gasteiger partial charge in [0.15, 0.2) is 0 Å². The molecule has 1 aromatic carbocycles. The molecule has 2 unspecified atom stereocenters. The van der Waals surface area contributed by atoms with Crippen LogP contribution in [0.3, 0.4) is 0 Å². The number of hydrogen-bond donors (Lipinski definition) is 0. The van der Waals surface area contributed by atoms with Crippen LogP contribution in [0.1, 0.15) is 114 Å². The Morgan fingerprint density at radius 3 is 2.17 bits per heavy atom. The highest BCUT2D eigenvalue weighted by Crippen LogP contribution is 2.38. The van der Waals surface area contributed by atoms with Gasteiger partial charge in [-0.1, -0.05) is 76.6 Å². The lowest BCUT2D eigenvalue weighted by Gasteiger charge is -2.29. The van der Waals surface area contributed by atoms with E-state index >= 15 is 0 Å². The number of carbonyl (C=O) groups excluding carboxylic acids is 2. The normalized spacial score (nSPS) is 27.2. The predicted octanol–water partition coefficient (Wildman–Crippen LogP) is 7.44. The third kappa shape index (κ3) is 6.53. The molecule has 0 aromatic heterocycles. The van der Waals surface area contributed by atoms with E-state index in [0.29, 0.717) is 24.7 Å². The van der Waals surface area contributed by atoms with Crippen LogP contribution in [0, 0.1) is 17.8 Å². The first kappa shape index (κ1) is 23.2. The second-order valence-corrected chi connectivity index (χ2v) is 10.1. The molecule has 2 fully saturated rings. The van der Waals surface area contributed by atoms with Crippen LogP contribution in [0.4, 0.5) is 0 Å². The summed E-state index contributed by atoms with van der Waals surface area (Å²) in [6.45, 7) is 4.45. The van der Waals surface area contributed by atoms with Gasteiger partial charge < -0.3 is 0 Å². The van der Waals surface area contributed by atoms with Crippen molar-refractivity contribution in [2.45, 2.75) is 110 Å². The molecule has 2 aliphatic rings. The van der Waals surface area contributed by atoms with Gasteiger partial charge in [-0.25, -0.2) is 0 Å². The Kier molecular flexibility index (Phi) is 9.15. The molecule has 0 radical (unpaired) electrons. The highest BCUT2D eigenvalue weighted by Gasteiger charge is 2.32. The number of ketones is 2. The summed E-state index contributed by atoms with van der Waals surface area (Å²) in [5.74, 6) is 2.11. The van der Waals surface area contributed by atoms with Crippen LogP contribution in [0.25, 0.3) is 0 Å². The molecule has 2 heteroatoms. The molecule has 30 heavy (non-hydrogen) atoms. The second-order valence-electron chi connectivity index (χ2n) is 10.1. The summed E-state index contributed by atoms with van der Waals surface area (Å²) in [5.41, 5.74) is 2.51. The van der Waals surface area contributed by atoms with Crippen LogP contribution in [0.5, 0.6) is 0 Å². The minimum absolute atomic E-state index is 0.135. The SMILES string of the molecule is CCCCCC1CCC(c2ccc(CC(=O)C3CCC(CCC)CC3=O)cc2)CC1. The first-order chi connectivity index (χ1) is 14.6. The van der Waals surface area contributed by atoms with Crippen molar-refractivity contribution in [3.05, 3.63) is 35.4 Å². The van der Waals surface area contributed by atoms with Crippen LogP contribution in [0.2, 0.25) is 0 Å². The molecule has 0 N–H and O–H groups in total. The molecule has 3 rings (SSSR count). The maximum Gasteiger partial charge on any atom is 0.147 e. The summed E-state index contributed by atoms with van der Waals surface area (Å²) in [6, 6.07) is 8.75. The van der Waals surface area contributed by atoms with E-state index in [4.69, 9.17) is 0 Å². The van der Waals surface area contributed by atoms with E-state index in [0.717, 1.165) is 37.2 Å². The van der Waals surface area contributed by atoms with Gasteiger partial charge in [0, 0.05) is 12.8 Å². The quantitative estimate of drug-likeness (QED) is 0.297. The van der Waals surface area contributed by atoms with Crippen molar-refractivity contribution in [3.63, 3.8) is 0 Å². The maximum atomic E-state index is 12.8. The largest absolute Gasteiger partial charge is 0.299 e. The molecular weight excluding hydrogens is 368 g/mol. The standard InChI is InChI=1S/C28H42O2/c1-3-5-6-8-21-9-14-24(15-10-21)25-16-11-23(12-17-25)20-28(30)26-18-13-22(7-4-2)19-27(26)29/h11-12,16-17,21-22,24,26H,3-10,13-15,18-20H2,1-2H3. The number of carbonyl (C=O) groups is 2. The van der Waals surface area contributed by atoms with Crippen LogP contribution in [-0.2, 0) is 16.0 Å². The van der Waals surface area contributed by atoms with Gasteiger partial charge in [-0.05, 0) is 67.4 Å². The van der Waals surface area contributed by atoms with Crippen LogP contribution in [-0.4, -0.2) is 11.6 Å². The van der Waals surface area contributed by atoms with E-state index in [9.17, 15) is 9.59 Å². The van der Waals surface area contributed by atoms with Gasteiger partial charge in [0.2, 0.25) is 0 Å². The van der Waals surface area contributed by atoms with Gasteiger partial charge in [-0.15, -0.1) is 0 Å². The molecule has 0 saturated heterocycles. The van der Waals surface area contributed by atoms with Crippen LogP contribution in [0.15, 0.2) is 24.3 Å². The number of Topliss-reactive ketones (excluding diaryl/α,β-unsaturated/α-hetero) is 2. The molecular formula is C28H42O2. The lowest BCUT2D eigenvalue weighted by Crippen LogP contribution is -2.32. The summed E-state index contributed by atoms with van der Waals surface area (Å²) >= 11 is 0. The first-order valence-corrected chi connectivity index (χ1v) is 12.7. The predicted molar refractivity (Wildman–Crippen MR) is 125 cm³/mol. The number of unbranched alkanes of at least 4 members (excludes halogenated alkanes) is 2. The summed E-state index contributed by atoms with van der Waals surface area (Å²) in [6.07, 6.45) is 16.0. The van der Waals surface area contributed by atoms with Gasteiger partial charge in [-0.3, -0.25) is 9.59 Å². The van der Waals surface area contributed by atoms with Gasteiger partial charge in [0.05, 0.1) is 5.92 Å². The number of rotatable bonds is 10. The zero-order chi connectivity index (χ0) is 21.3. The fraction of sp³-hybridized carbons (Fsp3) is 0.714. The fourth-order valence-electron chi connectivity index (χ4n) is 5.79. The van der Waals surface area contributed by atoms with E-state index in [1.807, 2.05) is 0 Å². The third-order valence-corrected chi connectivity index (χ3v) is 7.72. The third-order valence-electron chi connectivity index (χ3n) is 7.72. The van der Waals surface area contributed by atoms with Gasteiger partial charge in [-0.2, -0.15) is 0 Å². The molecule has 2 saturated carbocycles. The molecule has 0 bridgehead atoms. The Morgan fingerprint density at radius 1 is 0.833 bits per heavy atom. The van der Waals surface area contributed by atoms with Gasteiger partial charge >= 0.3 is 0 Å². The Bertz CT molecular complexity index is 666. The van der Waals surface area contributed by atoms with Crippen molar-refractivity contribution < 1.29 is 9.59 Å². The van der Waals surface area contributed by atoms with Gasteiger partial charge in [0.25, 0.3) is 0 Å². The van der Waals surface area contributed by atoms with E-state index in [1.54, 1.807) is 0 Å². The number of hydrogen-bond acceptors (Lipinski definition) is 2. The molecule has 166 valence electrons. The van der Waals surface area contributed by atoms with Crippen LogP contribution < -0.4 is 0 Å². The van der Waals surface area contributed by atoms with Crippen LogP contribution >= 0.6 is 0 Å². The van der Waals surface area contributed by atoms with E-state index in [-0.39, 0.29) is 17.5 Å². The molecule has 2 atom stereocenters. The number of benzene rings is 1. The van der Waals surface area contributed by atoms with Crippen molar-refractivity contribution >= 4 is 11.6 Å². The fourth-order valence-corrected chi connectivity index (χ4v) is 5.79. The minimum Gasteiger partial charge on any atom is -0.299 e. The van der Waals surface area contributed by atoms with Crippen molar-refractivity contribution in [3.8, 4) is 0 Å². The first-order valence-electron chi connectivity index (χ1n) is 12.7. The highest BCUT2D eigenvalue weighted by molar-refractivity contribution is 6.03. The van der Waals surface area contributed by atoms with Crippen molar-refractivity contribution in [1.82, 2.24) is 0 Å². The zero-order valence-corrected chi connectivity index (χ0v) is 19.3. The second kappa shape index (κ2) is 11.8. The Balaban J connectivity index is 1.46. The molecule has 0 spiro atoms. The van der Waals surface area contributed by atoms with E-state index in [2.05, 4.69) is 38.1 Å². The average Bonchev–Trinajstić information content (AvgIpc) is 2.75. The van der Waals surface area contributed by atoms with Gasteiger partial charge in [0.1, 0.15) is 11.6 Å². The lowest BCUT2D eigenvalue weighted by atomic mass is 9.76. The molecule has 2 aliphatic carbocycles. The lowest BCUT2D eigenvalue weighted by molar-refractivity contribution is -0.135. The molecule has 0 heterocycles. The highest BCUT2D eigenvalue weighted by atomic mass is 16.1. The minimum atomic E-state index is -0.347. The summed E-state index contributed by atoms with van der Waals surface area (Å²) in [4.78, 5) is 25.2.